The zero-order valence-electron chi connectivity index (χ0n) is 12.6. The van der Waals surface area contributed by atoms with Crippen LogP contribution in [0.25, 0.3) is 0 Å². The molecule has 6 heteroatoms. The molecule has 2 aromatic rings. The molecule has 22 heavy (non-hydrogen) atoms. The Kier molecular flexibility index (Phi) is 5.69. The van der Waals surface area contributed by atoms with Crippen LogP contribution in [0.15, 0.2) is 36.9 Å². The summed E-state index contributed by atoms with van der Waals surface area (Å²) in [5.74, 6) is -0.309. The predicted molar refractivity (Wildman–Crippen MR) is 84.9 cm³/mol. The van der Waals surface area contributed by atoms with E-state index in [1.54, 1.807) is 24.3 Å². The molecule has 0 amide bonds. The summed E-state index contributed by atoms with van der Waals surface area (Å²) in [4.78, 5) is 16.6. The van der Waals surface area contributed by atoms with E-state index in [1.807, 2.05) is 0 Å². The number of benzene rings is 1. The first-order valence-electron chi connectivity index (χ1n) is 7.40. The van der Waals surface area contributed by atoms with Crippen molar-refractivity contribution in [1.82, 2.24) is 14.8 Å². The number of hydrogen-bond acceptors (Lipinski definition) is 4. The highest BCUT2D eigenvalue weighted by molar-refractivity contribution is 6.30. The molecule has 1 atom stereocenters. The number of unbranched alkanes of at least 4 members (excludes halogenated alkanes) is 2. The van der Waals surface area contributed by atoms with E-state index >= 15 is 0 Å². The van der Waals surface area contributed by atoms with Gasteiger partial charge in [-0.3, -0.25) is 4.79 Å². The number of aromatic nitrogens is 3. The van der Waals surface area contributed by atoms with Crippen LogP contribution in [0.1, 0.15) is 43.0 Å². The van der Waals surface area contributed by atoms with E-state index in [2.05, 4.69) is 17.0 Å². The van der Waals surface area contributed by atoms with Gasteiger partial charge in [0.15, 0.2) is 5.78 Å². The molecule has 118 valence electrons. The summed E-state index contributed by atoms with van der Waals surface area (Å²) in [7, 11) is 0. The molecule has 0 aliphatic rings. The summed E-state index contributed by atoms with van der Waals surface area (Å²) in [5.41, 5.74) is -1.04. The average Bonchev–Trinajstić information content (AvgIpc) is 3.00. The van der Waals surface area contributed by atoms with Crippen molar-refractivity contribution in [3.05, 3.63) is 47.5 Å². The van der Waals surface area contributed by atoms with Crippen molar-refractivity contribution in [2.24, 2.45) is 0 Å². The maximum Gasteiger partial charge on any atom is 0.196 e. The monoisotopic (exact) mass is 321 g/mol. The van der Waals surface area contributed by atoms with Gasteiger partial charge >= 0.3 is 0 Å². The van der Waals surface area contributed by atoms with Crippen LogP contribution in [-0.4, -0.2) is 31.3 Å². The zero-order chi connectivity index (χ0) is 16.0. The van der Waals surface area contributed by atoms with Crippen molar-refractivity contribution in [2.45, 2.75) is 44.8 Å². The molecule has 0 aliphatic heterocycles. The van der Waals surface area contributed by atoms with Gasteiger partial charge in [-0.15, -0.1) is 0 Å². The van der Waals surface area contributed by atoms with E-state index < -0.39 is 5.60 Å². The number of ketones is 1. The first kappa shape index (κ1) is 16.6. The van der Waals surface area contributed by atoms with Crippen molar-refractivity contribution < 1.29 is 9.90 Å². The quantitative estimate of drug-likeness (QED) is 0.599. The van der Waals surface area contributed by atoms with E-state index in [1.165, 1.54) is 17.3 Å². The normalized spacial score (nSPS) is 13.8. The molecule has 0 radical (unpaired) electrons. The molecular weight excluding hydrogens is 302 g/mol. The highest BCUT2D eigenvalue weighted by atomic mass is 35.5. The lowest BCUT2D eigenvalue weighted by Crippen LogP contribution is -2.43. The molecule has 0 aliphatic carbocycles. The Bertz CT molecular complexity index is 598. The molecule has 0 spiro atoms. The van der Waals surface area contributed by atoms with Crippen LogP contribution < -0.4 is 0 Å². The summed E-state index contributed by atoms with van der Waals surface area (Å²) in [6.07, 6.45) is 6.05. The largest absolute Gasteiger partial charge is 0.380 e. The topological polar surface area (TPSA) is 68.0 Å². The van der Waals surface area contributed by atoms with Gasteiger partial charge in [-0.2, -0.15) is 5.10 Å². The van der Waals surface area contributed by atoms with Gasteiger partial charge in [0.1, 0.15) is 18.3 Å². The SMILES string of the molecule is CCCCCC(O)(Cn1cncn1)C(=O)c1ccc(Cl)cc1. The highest BCUT2D eigenvalue weighted by Crippen LogP contribution is 2.24. The molecule has 0 fully saturated rings. The van der Waals surface area contributed by atoms with Crippen LogP contribution >= 0.6 is 11.6 Å². The number of halogens is 1. The van der Waals surface area contributed by atoms with Gasteiger partial charge in [0.2, 0.25) is 0 Å². The molecule has 1 unspecified atom stereocenters. The number of nitrogens with zero attached hydrogens (tertiary/aromatic N) is 3. The number of rotatable bonds is 8. The summed E-state index contributed by atoms with van der Waals surface area (Å²) in [6.45, 7) is 2.18. The lowest BCUT2D eigenvalue weighted by atomic mass is 9.87. The fourth-order valence-corrected chi connectivity index (χ4v) is 2.51. The van der Waals surface area contributed by atoms with Gasteiger partial charge in [-0.05, 0) is 30.7 Å². The minimum Gasteiger partial charge on any atom is -0.380 e. The van der Waals surface area contributed by atoms with Gasteiger partial charge in [0.25, 0.3) is 0 Å². The summed E-state index contributed by atoms with van der Waals surface area (Å²) in [6, 6.07) is 6.57. The summed E-state index contributed by atoms with van der Waals surface area (Å²) < 4.78 is 1.49. The van der Waals surface area contributed by atoms with Crippen molar-refractivity contribution in [3.63, 3.8) is 0 Å². The second kappa shape index (κ2) is 7.51. The van der Waals surface area contributed by atoms with E-state index in [0.29, 0.717) is 17.0 Å². The third-order valence-electron chi connectivity index (χ3n) is 3.61. The molecule has 0 saturated carbocycles. The predicted octanol–water partition coefficient (Wildman–Crippen LogP) is 3.13. The fourth-order valence-electron chi connectivity index (χ4n) is 2.38. The molecule has 0 saturated heterocycles. The van der Waals surface area contributed by atoms with Crippen molar-refractivity contribution in [3.8, 4) is 0 Å². The molecule has 2 rings (SSSR count). The maximum absolute atomic E-state index is 12.7. The second-order valence-corrected chi connectivity index (χ2v) is 5.85. The standard InChI is InChI=1S/C16H20ClN3O2/c1-2-3-4-9-16(22,10-20-12-18-11-19-20)15(21)13-5-7-14(17)8-6-13/h5-8,11-12,22H,2-4,9-10H2,1H3. The number of carbonyl (C=O) groups is 1. The third-order valence-corrected chi connectivity index (χ3v) is 3.87. The Morgan fingerprint density at radius 3 is 2.64 bits per heavy atom. The number of aliphatic hydroxyl groups is 1. The number of hydrogen-bond donors (Lipinski definition) is 1. The van der Waals surface area contributed by atoms with Gasteiger partial charge < -0.3 is 5.11 Å². The van der Waals surface area contributed by atoms with Crippen LogP contribution in [0.2, 0.25) is 5.02 Å². The van der Waals surface area contributed by atoms with Crippen molar-refractivity contribution in [2.75, 3.05) is 0 Å². The lowest BCUT2D eigenvalue weighted by Gasteiger charge is -2.26. The van der Waals surface area contributed by atoms with Crippen LogP contribution in [-0.2, 0) is 6.54 Å². The van der Waals surface area contributed by atoms with E-state index in [-0.39, 0.29) is 12.3 Å². The zero-order valence-corrected chi connectivity index (χ0v) is 13.3. The molecule has 1 aromatic carbocycles. The first-order valence-corrected chi connectivity index (χ1v) is 7.78. The Labute approximate surface area is 134 Å². The Hall–Kier alpha value is -1.72. The van der Waals surface area contributed by atoms with Crippen LogP contribution in [0.3, 0.4) is 0 Å². The Morgan fingerprint density at radius 2 is 2.05 bits per heavy atom. The molecule has 5 nitrogen and oxygen atoms in total. The fraction of sp³-hybridized carbons (Fsp3) is 0.438. The van der Waals surface area contributed by atoms with Gasteiger partial charge in [-0.25, -0.2) is 9.67 Å². The second-order valence-electron chi connectivity index (χ2n) is 5.42. The molecule has 1 heterocycles. The van der Waals surface area contributed by atoms with E-state index in [0.717, 1.165) is 19.3 Å². The van der Waals surface area contributed by atoms with Crippen LogP contribution in [0.5, 0.6) is 0 Å². The number of carbonyl (C=O) groups excluding carboxylic acids is 1. The Morgan fingerprint density at radius 1 is 1.32 bits per heavy atom. The summed E-state index contributed by atoms with van der Waals surface area (Å²) in [5, 5.41) is 15.5. The summed E-state index contributed by atoms with van der Waals surface area (Å²) >= 11 is 5.85. The molecular formula is C16H20ClN3O2. The molecule has 0 bridgehead atoms. The Balaban J connectivity index is 2.21. The van der Waals surface area contributed by atoms with Crippen LogP contribution in [0, 0.1) is 0 Å². The van der Waals surface area contributed by atoms with Gasteiger partial charge in [0, 0.05) is 10.6 Å². The number of Topliss-reactive ketones (excluding diaryl/α,β-unsaturated/α-hetero) is 1. The minimum absolute atomic E-state index is 0.0954. The first-order chi connectivity index (χ1) is 10.5. The van der Waals surface area contributed by atoms with Gasteiger partial charge in [-0.1, -0.05) is 37.8 Å². The average molecular weight is 322 g/mol. The van der Waals surface area contributed by atoms with E-state index in [4.69, 9.17) is 11.6 Å². The third kappa shape index (κ3) is 4.15. The van der Waals surface area contributed by atoms with Crippen molar-refractivity contribution in [1.29, 1.82) is 0 Å². The van der Waals surface area contributed by atoms with Gasteiger partial charge in [0.05, 0.1) is 6.54 Å². The smallest absolute Gasteiger partial charge is 0.196 e. The molecule has 1 N–H and O–H groups in total. The minimum atomic E-state index is -1.49. The molecule has 1 aromatic heterocycles. The maximum atomic E-state index is 12.7. The lowest BCUT2D eigenvalue weighted by molar-refractivity contribution is 0.0143. The highest BCUT2D eigenvalue weighted by Gasteiger charge is 2.36. The van der Waals surface area contributed by atoms with E-state index in [9.17, 15) is 9.90 Å². The van der Waals surface area contributed by atoms with Crippen molar-refractivity contribution >= 4 is 17.4 Å². The van der Waals surface area contributed by atoms with Crippen LogP contribution in [0.4, 0.5) is 0 Å².